The van der Waals surface area contributed by atoms with E-state index in [1.807, 2.05) is 22.6 Å². The summed E-state index contributed by atoms with van der Waals surface area (Å²) in [4.78, 5) is 11.4. The van der Waals surface area contributed by atoms with Crippen LogP contribution in [-0.2, 0) is 11.3 Å². The molecule has 3 nitrogen and oxygen atoms in total. The summed E-state index contributed by atoms with van der Waals surface area (Å²) in [5, 5.41) is 2.52. The summed E-state index contributed by atoms with van der Waals surface area (Å²) in [6, 6.07) is 5.05. The van der Waals surface area contributed by atoms with Crippen LogP contribution in [0.4, 0.5) is 9.18 Å². The van der Waals surface area contributed by atoms with Crippen molar-refractivity contribution in [3.8, 4) is 0 Å². The van der Waals surface area contributed by atoms with Gasteiger partial charge in [0.05, 0.1) is 0 Å². The second kappa shape index (κ2) is 5.66. The van der Waals surface area contributed by atoms with E-state index >= 15 is 0 Å². The third-order valence-electron chi connectivity index (χ3n) is 1.85. The molecule has 1 amide bonds. The SMILES string of the molecule is CC(C)(C)OC(=O)NCc1cccc(I)c1F. The molecule has 0 fully saturated rings. The molecule has 5 heteroatoms. The average Bonchev–Trinajstić information content (AvgIpc) is 2.18. The Balaban J connectivity index is 2.56. The summed E-state index contributed by atoms with van der Waals surface area (Å²) in [5.41, 5.74) is -0.101. The van der Waals surface area contributed by atoms with Gasteiger partial charge in [0.15, 0.2) is 0 Å². The number of carbonyl (C=O) groups is 1. The van der Waals surface area contributed by atoms with Crippen molar-refractivity contribution in [1.29, 1.82) is 0 Å². The lowest BCUT2D eigenvalue weighted by Crippen LogP contribution is -2.32. The van der Waals surface area contributed by atoms with Crippen LogP contribution in [0, 0.1) is 9.39 Å². The molecule has 0 spiro atoms. The summed E-state index contributed by atoms with van der Waals surface area (Å²) in [6.07, 6.45) is -0.546. The molecule has 1 rings (SSSR count). The van der Waals surface area contributed by atoms with Crippen LogP contribution in [0.5, 0.6) is 0 Å². The van der Waals surface area contributed by atoms with Crippen molar-refractivity contribution < 1.29 is 13.9 Å². The summed E-state index contributed by atoms with van der Waals surface area (Å²) < 4.78 is 19.2. The van der Waals surface area contributed by atoms with Crippen molar-refractivity contribution in [1.82, 2.24) is 5.32 Å². The zero-order valence-corrected chi connectivity index (χ0v) is 12.2. The lowest BCUT2D eigenvalue weighted by atomic mass is 10.2. The van der Waals surface area contributed by atoms with E-state index in [0.717, 1.165) is 0 Å². The molecule has 1 aromatic carbocycles. The van der Waals surface area contributed by atoms with Crippen LogP contribution in [0.25, 0.3) is 0 Å². The number of amides is 1. The van der Waals surface area contributed by atoms with Gasteiger partial charge in [0.25, 0.3) is 0 Å². The maximum Gasteiger partial charge on any atom is 0.407 e. The third-order valence-corrected chi connectivity index (χ3v) is 2.69. The van der Waals surface area contributed by atoms with E-state index in [0.29, 0.717) is 9.13 Å². The van der Waals surface area contributed by atoms with E-state index < -0.39 is 11.7 Å². The van der Waals surface area contributed by atoms with Crippen LogP contribution in [0.3, 0.4) is 0 Å². The number of hydrogen-bond donors (Lipinski definition) is 1. The molecule has 0 saturated carbocycles. The Morgan fingerprint density at radius 2 is 2.12 bits per heavy atom. The lowest BCUT2D eigenvalue weighted by molar-refractivity contribution is 0.0523. The van der Waals surface area contributed by atoms with E-state index in [1.54, 1.807) is 39.0 Å². The van der Waals surface area contributed by atoms with Gasteiger partial charge < -0.3 is 10.1 Å². The topological polar surface area (TPSA) is 38.3 Å². The van der Waals surface area contributed by atoms with Crippen LogP contribution in [-0.4, -0.2) is 11.7 Å². The molecule has 94 valence electrons. The van der Waals surface area contributed by atoms with Crippen LogP contribution >= 0.6 is 22.6 Å². The molecule has 0 saturated heterocycles. The van der Waals surface area contributed by atoms with Gasteiger partial charge in [0.2, 0.25) is 0 Å². The number of ether oxygens (including phenoxy) is 1. The maximum atomic E-state index is 13.6. The van der Waals surface area contributed by atoms with Crippen molar-refractivity contribution in [2.75, 3.05) is 0 Å². The highest BCUT2D eigenvalue weighted by molar-refractivity contribution is 14.1. The molecular formula is C12H15FINO2. The molecule has 1 N–H and O–H groups in total. The van der Waals surface area contributed by atoms with Gasteiger partial charge in [-0.05, 0) is 49.4 Å². The first-order valence-corrected chi connectivity index (χ1v) is 6.27. The van der Waals surface area contributed by atoms with Gasteiger partial charge in [-0.2, -0.15) is 0 Å². The fourth-order valence-corrected chi connectivity index (χ4v) is 1.72. The summed E-state index contributed by atoms with van der Waals surface area (Å²) in [5.74, 6) is -0.302. The largest absolute Gasteiger partial charge is 0.444 e. The average molecular weight is 351 g/mol. The number of alkyl carbamates (subject to hydrolysis) is 1. The van der Waals surface area contributed by atoms with E-state index in [4.69, 9.17) is 4.74 Å². The van der Waals surface area contributed by atoms with Crippen molar-refractivity contribution in [2.24, 2.45) is 0 Å². The fraction of sp³-hybridized carbons (Fsp3) is 0.417. The second-order valence-electron chi connectivity index (χ2n) is 4.57. The van der Waals surface area contributed by atoms with Gasteiger partial charge in [-0.3, -0.25) is 0 Å². The first-order chi connectivity index (χ1) is 7.79. The molecule has 0 unspecified atom stereocenters. The molecule has 17 heavy (non-hydrogen) atoms. The standard InChI is InChI=1S/C12H15FINO2/c1-12(2,3)17-11(16)15-7-8-5-4-6-9(14)10(8)13/h4-6H,7H2,1-3H3,(H,15,16). The first kappa shape index (κ1) is 14.2. The minimum absolute atomic E-state index is 0.123. The van der Waals surface area contributed by atoms with Gasteiger partial charge in [0, 0.05) is 15.7 Å². The van der Waals surface area contributed by atoms with Crippen LogP contribution in [0.15, 0.2) is 18.2 Å². The van der Waals surface area contributed by atoms with Gasteiger partial charge in [-0.1, -0.05) is 12.1 Å². The number of rotatable bonds is 2. The number of halogens is 2. The van der Waals surface area contributed by atoms with E-state index in [9.17, 15) is 9.18 Å². The smallest absolute Gasteiger partial charge is 0.407 e. The van der Waals surface area contributed by atoms with Crippen molar-refractivity contribution >= 4 is 28.7 Å². The normalized spacial score (nSPS) is 11.1. The molecule has 0 aliphatic heterocycles. The summed E-state index contributed by atoms with van der Waals surface area (Å²) in [6.45, 7) is 5.45. The Bertz CT molecular complexity index is 415. The molecule has 0 aliphatic rings. The Morgan fingerprint density at radius 1 is 1.47 bits per heavy atom. The number of benzene rings is 1. The minimum Gasteiger partial charge on any atom is -0.444 e. The molecule has 0 aromatic heterocycles. The van der Waals surface area contributed by atoms with E-state index in [2.05, 4.69) is 5.32 Å². The zero-order chi connectivity index (χ0) is 13.1. The van der Waals surface area contributed by atoms with E-state index in [1.165, 1.54) is 0 Å². The summed E-state index contributed by atoms with van der Waals surface area (Å²) >= 11 is 1.91. The molecule has 0 atom stereocenters. The predicted molar refractivity (Wildman–Crippen MR) is 72.2 cm³/mol. The number of nitrogens with one attached hydrogen (secondary N) is 1. The van der Waals surface area contributed by atoms with Gasteiger partial charge in [-0.15, -0.1) is 0 Å². The molecular weight excluding hydrogens is 336 g/mol. The highest BCUT2D eigenvalue weighted by Gasteiger charge is 2.16. The molecule has 0 radical (unpaired) electrons. The Hall–Kier alpha value is -0.850. The molecule has 0 bridgehead atoms. The van der Waals surface area contributed by atoms with Gasteiger partial charge >= 0.3 is 6.09 Å². The number of hydrogen-bond acceptors (Lipinski definition) is 2. The van der Waals surface area contributed by atoms with Crippen LogP contribution in [0.2, 0.25) is 0 Å². The number of carbonyl (C=O) groups excluding carboxylic acids is 1. The second-order valence-corrected chi connectivity index (χ2v) is 5.73. The Morgan fingerprint density at radius 3 is 2.71 bits per heavy atom. The molecule has 0 aliphatic carbocycles. The minimum atomic E-state index is -0.548. The highest BCUT2D eigenvalue weighted by Crippen LogP contribution is 2.15. The van der Waals surface area contributed by atoms with Crippen LogP contribution in [0.1, 0.15) is 26.3 Å². The molecule has 0 heterocycles. The maximum absolute atomic E-state index is 13.6. The predicted octanol–water partition coefficient (Wildman–Crippen LogP) is 3.46. The lowest BCUT2D eigenvalue weighted by Gasteiger charge is -2.19. The third kappa shape index (κ3) is 4.89. The van der Waals surface area contributed by atoms with E-state index in [-0.39, 0.29) is 12.4 Å². The van der Waals surface area contributed by atoms with Crippen molar-refractivity contribution in [3.63, 3.8) is 0 Å². The Kier molecular flexibility index (Phi) is 4.73. The van der Waals surface area contributed by atoms with Crippen molar-refractivity contribution in [2.45, 2.75) is 32.9 Å². The quantitative estimate of drug-likeness (QED) is 0.829. The zero-order valence-electron chi connectivity index (χ0n) is 10.0. The van der Waals surface area contributed by atoms with Crippen molar-refractivity contribution in [3.05, 3.63) is 33.1 Å². The van der Waals surface area contributed by atoms with Crippen LogP contribution < -0.4 is 5.32 Å². The summed E-state index contributed by atoms with van der Waals surface area (Å²) in [7, 11) is 0. The Labute approximate surface area is 114 Å². The first-order valence-electron chi connectivity index (χ1n) is 5.19. The fourth-order valence-electron chi connectivity index (χ4n) is 1.17. The monoisotopic (exact) mass is 351 g/mol. The molecule has 1 aromatic rings. The van der Waals surface area contributed by atoms with Gasteiger partial charge in [-0.25, -0.2) is 9.18 Å². The van der Waals surface area contributed by atoms with Gasteiger partial charge in [0.1, 0.15) is 11.4 Å². The highest BCUT2D eigenvalue weighted by atomic mass is 127.